The molecule has 0 aliphatic carbocycles. The SMILES string of the molecule is O=COCCCc1ccc2ccccc2n1. The van der Waals surface area contributed by atoms with Gasteiger partial charge in [0.05, 0.1) is 12.1 Å². The Morgan fingerprint density at radius 3 is 2.94 bits per heavy atom. The summed E-state index contributed by atoms with van der Waals surface area (Å²) in [5.74, 6) is 0. The zero-order valence-electron chi connectivity index (χ0n) is 8.93. The van der Waals surface area contributed by atoms with Crippen LogP contribution in [0.4, 0.5) is 0 Å². The highest BCUT2D eigenvalue weighted by atomic mass is 16.5. The van der Waals surface area contributed by atoms with E-state index in [0.717, 1.165) is 29.4 Å². The van der Waals surface area contributed by atoms with Crippen LogP contribution in [0.1, 0.15) is 12.1 Å². The van der Waals surface area contributed by atoms with Crippen LogP contribution in [0.2, 0.25) is 0 Å². The lowest BCUT2D eigenvalue weighted by Gasteiger charge is -2.02. The first kappa shape index (κ1) is 10.6. The average Bonchev–Trinajstić information content (AvgIpc) is 2.34. The van der Waals surface area contributed by atoms with Crippen LogP contribution in [0.25, 0.3) is 10.9 Å². The van der Waals surface area contributed by atoms with E-state index in [4.69, 9.17) is 0 Å². The second-order valence-corrected chi connectivity index (χ2v) is 3.57. The summed E-state index contributed by atoms with van der Waals surface area (Å²) in [7, 11) is 0. The molecule has 0 radical (unpaired) electrons. The zero-order valence-corrected chi connectivity index (χ0v) is 8.93. The molecular formula is C13H13NO2. The molecule has 0 unspecified atom stereocenters. The number of aromatic nitrogens is 1. The molecule has 0 saturated carbocycles. The van der Waals surface area contributed by atoms with Gasteiger partial charge in [0.15, 0.2) is 0 Å². The van der Waals surface area contributed by atoms with Crippen molar-refractivity contribution in [1.29, 1.82) is 0 Å². The normalized spacial score (nSPS) is 10.2. The lowest BCUT2D eigenvalue weighted by molar-refractivity contribution is -0.128. The third-order valence-corrected chi connectivity index (χ3v) is 2.42. The van der Waals surface area contributed by atoms with Crippen LogP contribution < -0.4 is 0 Å². The lowest BCUT2D eigenvalue weighted by Crippen LogP contribution is -1.96. The molecule has 0 N–H and O–H groups in total. The molecule has 0 amide bonds. The van der Waals surface area contributed by atoms with Crippen molar-refractivity contribution >= 4 is 17.4 Å². The molecule has 0 saturated heterocycles. The fourth-order valence-electron chi connectivity index (χ4n) is 1.63. The third kappa shape index (κ3) is 2.57. The molecule has 0 aliphatic heterocycles. The molecule has 2 aromatic rings. The Hall–Kier alpha value is -1.90. The van der Waals surface area contributed by atoms with Gasteiger partial charge < -0.3 is 4.74 Å². The predicted molar refractivity (Wildman–Crippen MR) is 62.1 cm³/mol. The van der Waals surface area contributed by atoms with E-state index in [0.29, 0.717) is 13.1 Å². The number of fused-ring (bicyclic) bond motifs is 1. The van der Waals surface area contributed by atoms with E-state index in [9.17, 15) is 4.79 Å². The summed E-state index contributed by atoms with van der Waals surface area (Å²) in [6, 6.07) is 12.1. The number of para-hydroxylation sites is 1. The zero-order chi connectivity index (χ0) is 11.2. The van der Waals surface area contributed by atoms with Crippen molar-refractivity contribution in [2.24, 2.45) is 0 Å². The summed E-state index contributed by atoms with van der Waals surface area (Å²) in [6.07, 6.45) is 1.64. The number of benzene rings is 1. The average molecular weight is 215 g/mol. The maximum Gasteiger partial charge on any atom is 0.293 e. The van der Waals surface area contributed by atoms with Gasteiger partial charge in [0, 0.05) is 11.1 Å². The molecule has 2 rings (SSSR count). The summed E-state index contributed by atoms with van der Waals surface area (Å²) in [6.45, 7) is 0.936. The van der Waals surface area contributed by atoms with Gasteiger partial charge in [-0.15, -0.1) is 0 Å². The number of ether oxygens (including phenoxy) is 1. The van der Waals surface area contributed by atoms with Gasteiger partial charge in [-0.05, 0) is 25.0 Å². The molecule has 82 valence electrons. The van der Waals surface area contributed by atoms with Gasteiger partial charge >= 0.3 is 0 Å². The minimum absolute atomic E-state index is 0.456. The standard InChI is InChI=1S/C13H13NO2/c15-10-16-9-3-5-12-8-7-11-4-1-2-6-13(11)14-12/h1-2,4,6-8,10H,3,5,9H2. The van der Waals surface area contributed by atoms with E-state index in [2.05, 4.69) is 15.8 Å². The number of nitrogens with zero attached hydrogens (tertiary/aromatic N) is 1. The molecule has 0 aliphatic rings. The van der Waals surface area contributed by atoms with Gasteiger partial charge in [0.2, 0.25) is 0 Å². The minimum Gasteiger partial charge on any atom is -0.468 e. The molecule has 1 aromatic carbocycles. The van der Waals surface area contributed by atoms with Gasteiger partial charge in [-0.25, -0.2) is 0 Å². The molecule has 1 heterocycles. The predicted octanol–water partition coefficient (Wildman–Crippen LogP) is 2.34. The van der Waals surface area contributed by atoms with E-state index in [-0.39, 0.29) is 0 Å². The van der Waals surface area contributed by atoms with Crippen LogP contribution >= 0.6 is 0 Å². The Bertz CT molecular complexity index is 482. The summed E-state index contributed by atoms with van der Waals surface area (Å²) in [4.78, 5) is 14.5. The van der Waals surface area contributed by atoms with Gasteiger partial charge in [-0.2, -0.15) is 0 Å². The molecule has 0 bridgehead atoms. The molecule has 16 heavy (non-hydrogen) atoms. The molecule has 3 nitrogen and oxygen atoms in total. The van der Waals surface area contributed by atoms with Crippen LogP contribution in [-0.2, 0) is 16.0 Å². The van der Waals surface area contributed by atoms with Crippen molar-refractivity contribution in [3.05, 3.63) is 42.1 Å². The minimum atomic E-state index is 0.456. The van der Waals surface area contributed by atoms with Crippen molar-refractivity contribution in [3.63, 3.8) is 0 Å². The second-order valence-electron chi connectivity index (χ2n) is 3.57. The van der Waals surface area contributed by atoms with Crippen molar-refractivity contribution in [1.82, 2.24) is 4.98 Å². The van der Waals surface area contributed by atoms with Crippen LogP contribution in [-0.4, -0.2) is 18.1 Å². The number of hydrogen-bond donors (Lipinski definition) is 0. The Morgan fingerprint density at radius 2 is 2.06 bits per heavy atom. The number of pyridine rings is 1. The first-order chi connectivity index (χ1) is 7.90. The van der Waals surface area contributed by atoms with Crippen molar-refractivity contribution in [3.8, 4) is 0 Å². The lowest BCUT2D eigenvalue weighted by atomic mass is 10.1. The molecular weight excluding hydrogens is 202 g/mol. The smallest absolute Gasteiger partial charge is 0.293 e. The van der Waals surface area contributed by atoms with E-state index in [1.165, 1.54) is 0 Å². The van der Waals surface area contributed by atoms with Gasteiger partial charge in [-0.1, -0.05) is 24.3 Å². The summed E-state index contributed by atoms with van der Waals surface area (Å²) >= 11 is 0. The Morgan fingerprint density at radius 1 is 1.19 bits per heavy atom. The Labute approximate surface area is 94.1 Å². The quantitative estimate of drug-likeness (QED) is 0.567. The number of carbonyl (C=O) groups excluding carboxylic acids is 1. The highest BCUT2D eigenvalue weighted by Gasteiger charge is 1.97. The Balaban J connectivity index is 2.05. The fraction of sp³-hybridized carbons (Fsp3) is 0.231. The van der Waals surface area contributed by atoms with Crippen molar-refractivity contribution < 1.29 is 9.53 Å². The van der Waals surface area contributed by atoms with E-state index in [1.54, 1.807) is 0 Å². The number of hydrogen-bond acceptors (Lipinski definition) is 3. The third-order valence-electron chi connectivity index (χ3n) is 2.42. The summed E-state index contributed by atoms with van der Waals surface area (Å²) < 4.78 is 4.63. The number of aryl methyl sites for hydroxylation is 1. The first-order valence-corrected chi connectivity index (χ1v) is 5.30. The topological polar surface area (TPSA) is 39.2 Å². The fourth-order valence-corrected chi connectivity index (χ4v) is 1.63. The monoisotopic (exact) mass is 215 g/mol. The van der Waals surface area contributed by atoms with E-state index < -0.39 is 0 Å². The Kier molecular flexibility index (Phi) is 3.49. The van der Waals surface area contributed by atoms with E-state index >= 15 is 0 Å². The highest BCUT2D eigenvalue weighted by molar-refractivity contribution is 5.78. The summed E-state index contributed by atoms with van der Waals surface area (Å²) in [5, 5.41) is 1.15. The van der Waals surface area contributed by atoms with Crippen LogP contribution in [0, 0.1) is 0 Å². The van der Waals surface area contributed by atoms with Crippen LogP contribution in [0.15, 0.2) is 36.4 Å². The van der Waals surface area contributed by atoms with Gasteiger partial charge in [0.1, 0.15) is 0 Å². The largest absolute Gasteiger partial charge is 0.468 e. The molecule has 3 heteroatoms. The highest BCUT2D eigenvalue weighted by Crippen LogP contribution is 2.12. The molecule has 0 spiro atoms. The molecule has 1 aromatic heterocycles. The van der Waals surface area contributed by atoms with Crippen molar-refractivity contribution in [2.75, 3.05) is 6.61 Å². The van der Waals surface area contributed by atoms with Crippen molar-refractivity contribution in [2.45, 2.75) is 12.8 Å². The number of rotatable bonds is 5. The van der Waals surface area contributed by atoms with Gasteiger partial charge in [0.25, 0.3) is 6.47 Å². The van der Waals surface area contributed by atoms with E-state index in [1.807, 2.05) is 30.3 Å². The first-order valence-electron chi connectivity index (χ1n) is 5.30. The number of carbonyl (C=O) groups is 1. The van der Waals surface area contributed by atoms with Crippen LogP contribution in [0.3, 0.4) is 0 Å². The second kappa shape index (κ2) is 5.26. The molecule has 0 fully saturated rings. The van der Waals surface area contributed by atoms with Crippen LogP contribution in [0.5, 0.6) is 0 Å². The maximum absolute atomic E-state index is 9.95. The maximum atomic E-state index is 9.95. The molecule has 0 atom stereocenters. The van der Waals surface area contributed by atoms with Gasteiger partial charge in [-0.3, -0.25) is 9.78 Å². The summed E-state index contributed by atoms with van der Waals surface area (Å²) in [5.41, 5.74) is 2.05.